The highest BCUT2D eigenvalue weighted by molar-refractivity contribution is 6.30. The van der Waals surface area contributed by atoms with E-state index in [2.05, 4.69) is 10.00 Å². The molecule has 162 valence electrons. The van der Waals surface area contributed by atoms with Gasteiger partial charge in [-0.25, -0.2) is 13.5 Å². The van der Waals surface area contributed by atoms with E-state index in [1.807, 2.05) is 6.07 Å². The largest absolute Gasteiger partial charge is 0.471 e. The molecule has 1 aliphatic rings. The van der Waals surface area contributed by atoms with E-state index in [9.17, 15) is 13.6 Å². The number of hydrogen-bond donors (Lipinski definition) is 0. The van der Waals surface area contributed by atoms with E-state index in [1.165, 1.54) is 28.9 Å². The highest BCUT2D eigenvalue weighted by Crippen LogP contribution is 2.21. The molecule has 0 saturated carbocycles. The van der Waals surface area contributed by atoms with Crippen LogP contribution in [0, 0.1) is 11.6 Å². The van der Waals surface area contributed by atoms with Crippen LogP contribution in [0.2, 0.25) is 5.02 Å². The van der Waals surface area contributed by atoms with Crippen LogP contribution in [-0.4, -0.2) is 51.7 Å². The zero-order valence-electron chi connectivity index (χ0n) is 16.7. The van der Waals surface area contributed by atoms with Gasteiger partial charge >= 0.3 is 0 Å². The van der Waals surface area contributed by atoms with Crippen LogP contribution in [0.4, 0.5) is 8.78 Å². The van der Waals surface area contributed by atoms with E-state index >= 15 is 0 Å². The molecule has 0 aliphatic carbocycles. The predicted molar refractivity (Wildman–Crippen MR) is 112 cm³/mol. The number of carbonyl (C=O) groups is 1. The van der Waals surface area contributed by atoms with Gasteiger partial charge in [0.15, 0.2) is 12.4 Å². The number of halogens is 3. The maximum Gasteiger partial charge on any atom is 0.274 e. The lowest BCUT2D eigenvalue weighted by molar-refractivity contribution is 0.0619. The van der Waals surface area contributed by atoms with Crippen LogP contribution >= 0.6 is 11.6 Å². The molecule has 2 aromatic carbocycles. The summed E-state index contributed by atoms with van der Waals surface area (Å²) in [6.45, 7) is 3.00. The minimum atomic E-state index is -0.519. The van der Waals surface area contributed by atoms with Crippen molar-refractivity contribution in [1.29, 1.82) is 0 Å². The molecule has 0 atom stereocenters. The first kappa shape index (κ1) is 21.3. The van der Waals surface area contributed by atoms with Crippen LogP contribution < -0.4 is 4.74 Å². The summed E-state index contributed by atoms with van der Waals surface area (Å²) in [6, 6.07) is 12.4. The predicted octanol–water partition coefficient (Wildman–Crippen LogP) is 3.81. The molecular weight excluding hydrogens is 426 g/mol. The van der Waals surface area contributed by atoms with E-state index < -0.39 is 5.82 Å². The van der Waals surface area contributed by atoms with Crippen LogP contribution in [-0.2, 0) is 13.3 Å². The van der Waals surface area contributed by atoms with Crippen LogP contribution in [0.3, 0.4) is 0 Å². The average Bonchev–Trinajstić information content (AvgIpc) is 3.25. The van der Waals surface area contributed by atoms with Gasteiger partial charge in [-0.3, -0.25) is 9.69 Å². The van der Waals surface area contributed by atoms with Crippen LogP contribution in [0.15, 0.2) is 54.7 Å². The van der Waals surface area contributed by atoms with Gasteiger partial charge in [0.1, 0.15) is 17.4 Å². The lowest BCUT2D eigenvalue weighted by Gasteiger charge is -2.34. The maximum absolute atomic E-state index is 13.8. The second-order valence-corrected chi connectivity index (χ2v) is 7.66. The average molecular weight is 447 g/mol. The van der Waals surface area contributed by atoms with Gasteiger partial charge in [-0.05, 0) is 24.3 Å². The Morgan fingerprint density at radius 2 is 1.81 bits per heavy atom. The molecular formula is C22H21ClF2N4O2. The summed E-state index contributed by atoms with van der Waals surface area (Å²) in [5.74, 6) is -0.485. The van der Waals surface area contributed by atoms with E-state index in [4.69, 9.17) is 16.3 Å². The van der Waals surface area contributed by atoms with E-state index in [-0.39, 0.29) is 23.5 Å². The first-order valence-corrected chi connectivity index (χ1v) is 10.2. The van der Waals surface area contributed by atoms with E-state index in [1.54, 1.807) is 29.3 Å². The SMILES string of the molecule is O=C(c1ccn(COc2ccc(F)c(Cl)c2)n1)N1CCN(Cc2ccccc2F)CC1. The van der Waals surface area contributed by atoms with Gasteiger partial charge in [0, 0.05) is 50.6 Å². The molecule has 3 aromatic rings. The monoisotopic (exact) mass is 446 g/mol. The molecule has 1 aliphatic heterocycles. The third-order valence-corrected chi connectivity index (χ3v) is 5.42. The fraction of sp³-hybridized carbons (Fsp3) is 0.273. The number of carbonyl (C=O) groups excluding carboxylic acids is 1. The van der Waals surface area contributed by atoms with Crippen LogP contribution in [0.1, 0.15) is 16.1 Å². The third-order valence-electron chi connectivity index (χ3n) is 5.13. The number of benzene rings is 2. The Balaban J connectivity index is 1.29. The second-order valence-electron chi connectivity index (χ2n) is 7.25. The molecule has 1 aromatic heterocycles. The molecule has 1 saturated heterocycles. The number of hydrogen-bond acceptors (Lipinski definition) is 4. The van der Waals surface area contributed by atoms with Gasteiger partial charge in [-0.2, -0.15) is 5.10 Å². The fourth-order valence-corrected chi connectivity index (χ4v) is 3.56. The summed E-state index contributed by atoms with van der Waals surface area (Å²) < 4.78 is 34.1. The Morgan fingerprint density at radius 1 is 1.03 bits per heavy atom. The number of rotatable bonds is 6. The minimum Gasteiger partial charge on any atom is -0.471 e. The maximum atomic E-state index is 13.8. The summed E-state index contributed by atoms with van der Waals surface area (Å²) in [5, 5.41) is 4.24. The summed E-state index contributed by atoms with van der Waals surface area (Å²) in [4.78, 5) is 16.6. The minimum absolute atomic E-state index is 0.0250. The molecule has 1 fully saturated rings. The first-order chi connectivity index (χ1) is 15.0. The van der Waals surface area contributed by atoms with Gasteiger partial charge in [0.2, 0.25) is 0 Å². The smallest absolute Gasteiger partial charge is 0.274 e. The van der Waals surface area contributed by atoms with Gasteiger partial charge in [-0.15, -0.1) is 0 Å². The Bertz CT molecular complexity index is 1070. The van der Waals surface area contributed by atoms with Crippen LogP contribution in [0.25, 0.3) is 0 Å². The molecule has 0 unspecified atom stereocenters. The molecule has 0 N–H and O–H groups in total. The Morgan fingerprint density at radius 3 is 2.55 bits per heavy atom. The molecule has 4 rings (SSSR count). The molecule has 31 heavy (non-hydrogen) atoms. The van der Waals surface area contributed by atoms with E-state index in [0.717, 1.165) is 0 Å². The number of piperazine rings is 1. The normalized spacial score (nSPS) is 14.6. The van der Waals surface area contributed by atoms with Crippen molar-refractivity contribution >= 4 is 17.5 Å². The highest BCUT2D eigenvalue weighted by Gasteiger charge is 2.24. The number of ether oxygens (including phenoxy) is 1. The topological polar surface area (TPSA) is 50.6 Å². The lowest BCUT2D eigenvalue weighted by atomic mass is 10.2. The van der Waals surface area contributed by atoms with Crippen molar-refractivity contribution in [3.05, 3.63) is 82.6 Å². The molecule has 1 amide bonds. The van der Waals surface area contributed by atoms with Gasteiger partial charge < -0.3 is 9.64 Å². The van der Waals surface area contributed by atoms with Gasteiger partial charge in [0.05, 0.1) is 5.02 Å². The van der Waals surface area contributed by atoms with Crippen molar-refractivity contribution in [2.75, 3.05) is 26.2 Å². The highest BCUT2D eigenvalue weighted by atomic mass is 35.5. The third kappa shape index (κ3) is 5.21. The number of amides is 1. The van der Waals surface area contributed by atoms with Crippen molar-refractivity contribution in [1.82, 2.24) is 19.6 Å². The zero-order valence-corrected chi connectivity index (χ0v) is 17.4. The van der Waals surface area contributed by atoms with Gasteiger partial charge in [-0.1, -0.05) is 29.8 Å². The number of aromatic nitrogens is 2. The zero-order chi connectivity index (χ0) is 21.8. The second kappa shape index (κ2) is 9.45. The number of nitrogens with zero attached hydrogens (tertiary/aromatic N) is 4. The molecule has 0 bridgehead atoms. The first-order valence-electron chi connectivity index (χ1n) is 9.86. The Kier molecular flexibility index (Phi) is 6.48. The Labute approximate surface area is 183 Å². The standard InChI is InChI=1S/C22H21ClF2N4O2/c23-18-13-17(5-6-20(18)25)31-15-29-8-7-21(26-29)22(30)28-11-9-27(10-12-28)14-16-3-1-2-4-19(16)24/h1-8,13H,9-12,14-15H2. The van der Waals surface area contributed by atoms with Crippen molar-refractivity contribution in [3.8, 4) is 5.75 Å². The van der Waals surface area contributed by atoms with Crippen molar-refractivity contribution in [2.45, 2.75) is 13.3 Å². The summed E-state index contributed by atoms with van der Waals surface area (Å²) in [5.41, 5.74) is 0.978. The molecule has 9 heteroatoms. The quantitative estimate of drug-likeness (QED) is 0.578. The summed E-state index contributed by atoms with van der Waals surface area (Å²) >= 11 is 5.74. The lowest BCUT2D eigenvalue weighted by Crippen LogP contribution is -2.48. The van der Waals surface area contributed by atoms with Crippen molar-refractivity contribution in [3.63, 3.8) is 0 Å². The van der Waals surface area contributed by atoms with Gasteiger partial charge in [0.25, 0.3) is 5.91 Å². The molecule has 2 heterocycles. The molecule has 0 radical (unpaired) electrons. The fourth-order valence-electron chi connectivity index (χ4n) is 3.39. The Hall–Kier alpha value is -2.97. The summed E-state index contributed by atoms with van der Waals surface area (Å²) in [6.07, 6.45) is 1.65. The molecule has 0 spiro atoms. The van der Waals surface area contributed by atoms with Crippen molar-refractivity contribution in [2.24, 2.45) is 0 Å². The van der Waals surface area contributed by atoms with Crippen molar-refractivity contribution < 1.29 is 18.3 Å². The van der Waals surface area contributed by atoms with Crippen LogP contribution in [0.5, 0.6) is 5.75 Å². The molecule has 6 nitrogen and oxygen atoms in total. The summed E-state index contributed by atoms with van der Waals surface area (Å²) in [7, 11) is 0. The van der Waals surface area contributed by atoms with E-state index in [0.29, 0.717) is 49.7 Å².